The Hall–Kier alpha value is -1.81. The Balaban J connectivity index is 0.000000373. The van der Waals surface area contributed by atoms with Crippen molar-refractivity contribution >= 4 is 27.2 Å². The molecule has 0 aliphatic heterocycles. The molecule has 31 heavy (non-hydrogen) atoms. The van der Waals surface area contributed by atoms with Gasteiger partial charge in [0.2, 0.25) is 0 Å². The second-order valence-corrected chi connectivity index (χ2v) is 9.99. The van der Waals surface area contributed by atoms with E-state index in [2.05, 4.69) is 56.1 Å². The number of aliphatic hydroxyl groups excluding tert-OH is 1. The van der Waals surface area contributed by atoms with Crippen LogP contribution in [0.1, 0.15) is 63.5 Å². The van der Waals surface area contributed by atoms with Gasteiger partial charge in [0.25, 0.3) is 0 Å². The first-order valence-electron chi connectivity index (χ1n) is 10.5. The summed E-state index contributed by atoms with van der Waals surface area (Å²) in [7, 11) is 0. The van der Waals surface area contributed by atoms with Gasteiger partial charge in [-0.15, -0.1) is 23.8 Å². The maximum absolute atomic E-state index is 10.0. The second-order valence-electron chi connectivity index (χ2n) is 8.88. The van der Waals surface area contributed by atoms with Crippen LogP contribution in [0.25, 0.3) is 21.3 Å². The van der Waals surface area contributed by atoms with Crippen LogP contribution in [-0.2, 0) is 43.2 Å². The van der Waals surface area contributed by atoms with E-state index >= 15 is 0 Å². The zero-order valence-electron chi connectivity index (χ0n) is 18.8. The van der Waals surface area contributed by atoms with Gasteiger partial charge in [-0.25, -0.2) is 0 Å². The second kappa shape index (κ2) is 10.7. The molecule has 1 N–H and O–H groups in total. The zero-order valence-corrected chi connectivity index (χ0v) is 22.0. The molecule has 3 nitrogen and oxygen atoms in total. The van der Waals surface area contributed by atoms with E-state index in [1.807, 2.05) is 17.5 Å². The van der Waals surface area contributed by atoms with Crippen LogP contribution in [0, 0.1) is 6.07 Å². The molecule has 167 valence electrons. The van der Waals surface area contributed by atoms with Crippen molar-refractivity contribution in [2.24, 2.45) is 0 Å². The number of aliphatic hydroxyl groups is 1. The monoisotopic (exact) mass is 613 g/mol. The van der Waals surface area contributed by atoms with Crippen LogP contribution < -0.4 is 0 Å². The number of nitrogens with zero attached hydrogens (tertiary/aromatic N) is 1. The SMILES string of the molecule is CC(=O)/C=C(/C)O.CC(C)(C)c1ccnc(-c2[c-]ccc3c4c(sc23)CCCC4)c1.[Ir]. The number of hydrogen-bond donors (Lipinski definition) is 1. The van der Waals surface area contributed by atoms with Crippen molar-refractivity contribution in [2.75, 3.05) is 0 Å². The van der Waals surface area contributed by atoms with E-state index in [0.29, 0.717) is 0 Å². The van der Waals surface area contributed by atoms with Crippen molar-refractivity contribution in [2.45, 2.75) is 65.7 Å². The number of allylic oxidation sites excluding steroid dienone is 2. The molecular formula is C26H30IrNO2S-. The van der Waals surface area contributed by atoms with Gasteiger partial charge >= 0.3 is 0 Å². The maximum atomic E-state index is 10.0. The minimum atomic E-state index is -0.125. The third-order valence-corrected chi connectivity index (χ3v) is 6.54. The van der Waals surface area contributed by atoms with Crippen molar-refractivity contribution in [1.82, 2.24) is 4.98 Å². The summed E-state index contributed by atoms with van der Waals surface area (Å²) >= 11 is 1.96. The van der Waals surface area contributed by atoms with Crippen LogP contribution in [0.3, 0.4) is 0 Å². The Labute approximate surface area is 203 Å². The van der Waals surface area contributed by atoms with Crippen molar-refractivity contribution in [1.29, 1.82) is 0 Å². The van der Waals surface area contributed by atoms with Gasteiger partial charge in [-0.1, -0.05) is 32.2 Å². The summed E-state index contributed by atoms with van der Waals surface area (Å²) in [6.07, 6.45) is 8.23. The fourth-order valence-corrected chi connectivity index (χ4v) is 5.14. The molecule has 5 heteroatoms. The zero-order chi connectivity index (χ0) is 21.9. The summed E-state index contributed by atoms with van der Waals surface area (Å²) in [6, 6.07) is 12.1. The molecule has 3 aromatic rings. The molecule has 0 spiro atoms. The van der Waals surface area contributed by atoms with E-state index in [1.54, 1.807) is 10.4 Å². The number of fused-ring (bicyclic) bond motifs is 3. The number of pyridine rings is 1. The minimum absolute atomic E-state index is 0. The molecule has 1 radical (unpaired) electrons. The first kappa shape index (κ1) is 25.4. The summed E-state index contributed by atoms with van der Waals surface area (Å²) in [5.41, 5.74) is 5.28. The van der Waals surface area contributed by atoms with Crippen molar-refractivity contribution < 1.29 is 30.0 Å². The van der Waals surface area contributed by atoms with E-state index in [4.69, 9.17) is 5.11 Å². The van der Waals surface area contributed by atoms with E-state index in [-0.39, 0.29) is 37.1 Å². The number of carbonyl (C=O) groups is 1. The smallest absolute Gasteiger partial charge is 0.155 e. The Morgan fingerprint density at radius 1 is 1.19 bits per heavy atom. The Kier molecular flexibility index (Phi) is 8.76. The molecule has 0 unspecified atom stereocenters. The topological polar surface area (TPSA) is 50.2 Å². The van der Waals surface area contributed by atoms with Gasteiger partial charge in [0.1, 0.15) is 0 Å². The molecule has 0 fully saturated rings. The summed E-state index contributed by atoms with van der Waals surface area (Å²) in [6.45, 7) is 9.60. The summed E-state index contributed by atoms with van der Waals surface area (Å²) < 4.78 is 1.37. The van der Waals surface area contributed by atoms with Gasteiger partial charge in [-0.2, -0.15) is 11.3 Å². The number of ketones is 1. The van der Waals surface area contributed by atoms with E-state index < -0.39 is 0 Å². The predicted molar refractivity (Wildman–Crippen MR) is 126 cm³/mol. The van der Waals surface area contributed by atoms with Crippen molar-refractivity contribution in [3.8, 4) is 11.3 Å². The average molecular weight is 613 g/mol. The number of benzene rings is 1. The number of carbonyl (C=O) groups excluding carboxylic acids is 1. The molecule has 2 aromatic heterocycles. The fourth-order valence-electron chi connectivity index (χ4n) is 3.74. The van der Waals surface area contributed by atoms with Crippen LogP contribution >= 0.6 is 11.3 Å². The van der Waals surface area contributed by atoms with E-state index in [1.165, 1.54) is 66.8 Å². The molecule has 4 rings (SSSR count). The van der Waals surface area contributed by atoms with Crippen LogP contribution in [0.2, 0.25) is 0 Å². The fraction of sp³-hybridized carbons (Fsp3) is 0.385. The molecule has 0 saturated heterocycles. The third kappa shape index (κ3) is 6.35. The molecule has 1 aromatic carbocycles. The number of rotatable bonds is 2. The standard InChI is InChI=1S/C21H22NS.C5H8O2.Ir/c1-21(2,3)14-11-12-22-18(13-14)17-9-6-8-16-15-7-4-5-10-19(15)23-20(16)17;1-4(6)3-5(2)7;/h6,8,11-13H,4-5,7,10H2,1-3H3;3,6H,1-2H3;/q-1;;/b;4-3-;. The molecule has 1 aliphatic carbocycles. The van der Waals surface area contributed by atoms with Gasteiger partial charge in [-0.05, 0) is 77.4 Å². The Bertz CT molecular complexity index is 1090. The van der Waals surface area contributed by atoms with Crippen LogP contribution in [-0.4, -0.2) is 15.9 Å². The van der Waals surface area contributed by atoms with Crippen LogP contribution in [0.4, 0.5) is 0 Å². The number of thiophene rings is 1. The summed E-state index contributed by atoms with van der Waals surface area (Å²) in [4.78, 5) is 16.3. The normalized spacial score (nSPS) is 13.6. The quantitative estimate of drug-likeness (QED) is 0.193. The molecular weight excluding hydrogens is 583 g/mol. The van der Waals surface area contributed by atoms with Crippen molar-refractivity contribution in [3.05, 3.63) is 64.4 Å². The van der Waals surface area contributed by atoms with Crippen molar-refractivity contribution in [3.63, 3.8) is 0 Å². The average Bonchev–Trinajstić information content (AvgIpc) is 3.05. The predicted octanol–water partition coefficient (Wildman–Crippen LogP) is 6.97. The van der Waals surface area contributed by atoms with Gasteiger partial charge in [0, 0.05) is 32.4 Å². The molecule has 0 amide bonds. The molecule has 1 aliphatic rings. The van der Waals surface area contributed by atoms with Gasteiger partial charge in [0.15, 0.2) is 5.78 Å². The van der Waals surface area contributed by atoms with Gasteiger partial charge in [0.05, 0.1) is 5.76 Å². The minimum Gasteiger partial charge on any atom is -0.512 e. The number of aryl methyl sites for hydroxylation is 2. The number of aromatic nitrogens is 1. The third-order valence-electron chi connectivity index (χ3n) is 5.21. The molecule has 0 bridgehead atoms. The first-order valence-corrected chi connectivity index (χ1v) is 11.3. The largest absolute Gasteiger partial charge is 0.512 e. The first-order chi connectivity index (χ1) is 14.2. The van der Waals surface area contributed by atoms with E-state index in [0.717, 1.165) is 5.69 Å². The molecule has 2 heterocycles. The Morgan fingerprint density at radius 3 is 2.52 bits per heavy atom. The molecule has 0 atom stereocenters. The maximum Gasteiger partial charge on any atom is 0.155 e. The van der Waals surface area contributed by atoms with Gasteiger partial charge < -0.3 is 10.1 Å². The number of hydrogen-bond acceptors (Lipinski definition) is 4. The van der Waals surface area contributed by atoms with Crippen LogP contribution in [0.15, 0.2) is 42.3 Å². The molecule has 0 saturated carbocycles. The van der Waals surface area contributed by atoms with Gasteiger partial charge in [-0.3, -0.25) is 4.79 Å². The Morgan fingerprint density at radius 2 is 1.90 bits per heavy atom. The van der Waals surface area contributed by atoms with E-state index in [9.17, 15) is 4.79 Å². The summed E-state index contributed by atoms with van der Waals surface area (Å²) in [5.74, 6) is -0.0625. The summed E-state index contributed by atoms with van der Waals surface area (Å²) in [5, 5.41) is 9.79. The van der Waals surface area contributed by atoms with Crippen LogP contribution in [0.5, 0.6) is 0 Å².